The summed E-state index contributed by atoms with van der Waals surface area (Å²) in [5, 5.41) is 10.1. The van der Waals surface area contributed by atoms with Crippen molar-refractivity contribution in [1.82, 2.24) is 0 Å². The number of hydrogen-bond donors (Lipinski definition) is 1. The van der Waals surface area contributed by atoms with Crippen LogP contribution in [0, 0.1) is 0 Å². The maximum Gasteiger partial charge on any atom is 0.163 e. The lowest BCUT2D eigenvalue weighted by Crippen LogP contribution is -2.32. The molecule has 0 spiro atoms. The summed E-state index contributed by atoms with van der Waals surface area (Å²) in [5.41, 5.74) is 0. The first-order chi connectivity index (χ1) is 7.57. The predicted octanol–water partition coefficient (Wildman–Crippen LogP) is 2.09. The van der Waals surface area contributed by atoms with Crippen LogP contribution in [0.2, 0.25) is 0 Å². The van der Waals surface area contributed by atoms with Crippen LogP contribution in [0.3, 0.4) is 0 Å². The van der Waals surface area contributed by atoms with E-state index in [4.69, 9.17) is 9.47 Å². The second-order valence-corrected chi connectivity index (χ2v) is 7.61. The minimum Gasteiger partial charge on any atom is -0.390 e. The van der Waals surface area contributed by atoms with E-state index in [0.717, 1.165) is 6.42 Å². The standard InChI is InChI=1S/C11H20O3S2/c1-11(2)13-7-9(14-11)8(12)6-10-15-4-3-5-16-10/h8-10,12H,3-7H2,1-2H3/t8-,9-/m1/s1. The summed E-state index contributed by atoms with van der Waals surface area (Å²) in [6.45, 7) is 4.30. The molecule has 2 fully saturated rings. The SMILES string of the molecule is CC1(C)OC[C@H]([C@H](O)CC2SCCCS2)O1. The molecular formula is C11H20O3S2. The van der Waals surface area contributed by atoms with Crippen LogP contribution in [-0.2, 0) is 9.47 Å². The van der Waals surface area contributed by atoms with Crippen molar-refractivity contribution in [2.24, 2.45) is 0 Å². The normalized spacial score (nSPS) is 32.8. The van der Waals surface area contributed by atoms with Crippen molar-refractivity contribution in [3.05, 3.63) is 0 Å². The van der Waals surface area contributed by atoms with Crippen molar-refractivity contribution in [1.29, 1.82) is 0 Å². The van der Waals surface area contributed by atoms with Gasteiger partial charge in [0, 0.05) is 0 Å². The van der Waals surface area contributed by atoms with Gasteiger partial charge in [0.15, 0.2) is 5.79 Å². The van der Waals surface area contributed by atoms with Gasteiger partial charge >= 0.3 is 0 Å². The van der Waals surface area contributed by atoms with Gasteiger partial charge in [0.2, 0.25) is 0 Å². The molecule has 2 aliphatic heterocycles. The molecule has 0 aromatic rings. The van der Waals surface area contributed by atoms with Gasteiger partial charge in [-0.3, -0.25) is 0 Å². The Bertz CT molecular complexity index is 229. The summed E-state index contributed by atoms with van der Waals surface area (Å²) >= 11 is 3.91. The van der Waals surface area contributed by atoms with Crippen LogP contribution in [0.25, 0.3) is 0 Å². The molecule has 2 atom stereocenters. The zero-order valence-corrected chi connectivity index (χ0v) is 11.5. The minimum absolute atomic E-state index is 0.155. The summed E-state index contributed by atoms with van der Waals surface area (Å²) in [4.78, 5) is 0. The van der Waals surface area contributed by atoms with E-state index in [0.29, 0.717) is 11.2 Å². The second-order valence-electron chi connectivity index (χ2n) is 4.69. The van der Waals surface area contributed by atoms with Gasteiger partial charge in [-0.2, -0.15) is 0 Å². The van der Waals surface area contributed by atoms with Gasteiger partial charge in [-0.1, -0.05) is 0 Å². The van der Waals surface area contributed by atoms with Gasteiger partial charge in [0.1, 0.15) is 6.10 Å². The summed E-state index contributed by atoms with van der Waals surface area (Å²) in [7, 11) is 0. The van der Waals surface area contributed by atoms with Crippen molar-refractivity contribution >= 4 is 23.5 Å². The van der Waals surface area contributed by atoms with Gasteiger partial charge in [0.05, 0.1) is 17.3 Å². The van der Waals surface area contributed by atoms with E-state index in [1.807, 2.05) is 37.4 Å². The quantitative estimate of drug-likeness (QED) is 0.845. The first-order valence-electron chi connectivity index (χ1n) is 5.80. The summed E-state index contributed by atoms with van der Waals surface area (Å²) in [6, 6.07) is 0. The molecule has 0 aliphatic carbocycles. The molecule has 3 nitrogen and oxygen atoms in total. The Hall–Kier alpha value is 0.580. The topological polar surface area (TPSA) is 38.7 Å². The smallest absolute Gasteiger partial charge is 0.163 e. The second kappa shape index (κ2) is 5.48. The zero-order valence-electron chi connectivity index (χ0n) is 9.85. The lowest BCUT2D eigenvalue weighted by molar-refractivity contribution is -0.151. The molecule has 0 amide bonds. The fourth-order valence-electron chi connectivity index (χ4n) is 1.93. The first-order valence-corrected chi connectivity index (χ1v) is 7.90. The van der Waals surface area contributed by atoms with E-state index in [2.05, 4.69) is 0 Å². The molecule has 2 saturated heterocycles. The van der Waals surface area contributed by atoms with Crippen LogP contribution >= 0.6 is 23.5 Å². The van der Waals surface area contributed by atoms with Crippen molar-refractivity contribution in [3.63, 3.8) is 0 Å². The molecule has 16 heavy (non-hydrogen) atoms. The molecule has 0 saturated carbocycles. The Morgan fingerprint density at radius 1 is 1.38 bits per heavy atom. The number of aliphatic hydroxyl groups is 1. The Morgan fingerprint density at radius 3 is 2.62 bits per heavy atom. The molecule has 94 valence electrons. The average molecular weight is 264 g/mol. The Labute approximate surface area is 106 Å². The van der Waals surface area contributed by atoms with Crippen molar-refractivity contribution in [2.45, 2.75) is 49.3 Å². The number of aliphatic hydroxyl groups excluding tert-OH is 1. The van der Waals surface area contributed by atoms with Crippen LogP contribution < -0.4 is 0 Å². The number of thioether (sulfide) groups is 2. The molecule has 5 heteroatoms. The third-order valence-corrected chi connectivity index (χ3v) is 5.78. The van der Waals surface area contributed by atoms with Gasteiger partial charge in [-0.05, 0) is 38.2 Å². The molecule has 0 aromatic heterocycles. The maximum atomic E-state index is 10.1. The Morgan fingerprint density at radius 2 is 2.06 bits per heavy atom. The van der Waals surface area contributed by atoms with E-state index in [1.54, 1.807) is 0 Å². The molecular weight excluding hydrogens is 244 g/mol. The van der Waals surface area contributed by atoms with E-state index in [1.165, 1.54) is 17.9 Å². The van der Waals surface area contributed by atoms with Crippen molar-refractivity contribution in [3.8, 4) is 0 Å². The zero-order chi connectivity index (χ0) is 11.6. The van der Waals surface area contributed by atoms with Crippen LogP contribution in [0.4, 0.5) is 0 Å². The van der Waals surface area contributed by atoms with Gasteiger partial charge < -0.3 is 14.6 Å². The lowest BCUT2D eigenvalue weighted by Gasteiger charge is -2.26. The number of rotatable bonds is 3. The van der Waals surface area contributed by atoms with Gasteiger partial charge in [0.25, 0.3) is 0 Å². The first kappa shape index (κ1) is 13.0. The molecule has 0 aromatic carbocycles. The van der Waals surface area contributed by atoms with Crippen LogP contribution in [0.5, 0.6) is 0 Å². The highest BCUT2D eigenvalue weighted by Crippen LogP contribution is 2.35. The molecule has 0 radical (unpaired) electrons. The van der Waals surface area contributed by atoms with E-state index in [9.17, 15) is 5.11 Å². The van der Waals surface area contributed by atoms with Crippen molar-refractivity contribution in [2.75, 3.05) is 18.1 Å². The molecule has 2 aliphatic rings. The molecule has 1 N–H and O–H groups in total. The number of ether oxygens (including phenoxy) is 2. The summed E-state index contributed by atoms with van der Waals surface area (Å²) < 4.78 is 11.7. The van der Waals surface area contributed by atoms with Crippen LogP contribution in [0.1, 0.15) is 26.7 Å². The van der Waals surface area contributed by atoms with Crippen LogP contribution in [-0.4, -0.2) is 45.8 Å². The molecule has 0 bridgehead atoms. The third-order valence-electron chi connectivity index (χ3n) is 2.79. The van der Waals surface area contributed by atoms with E-state index in [-0.39, 0.29) is 6.10 Å². The average Bonchev–Trinajstić information content (AvgIpc) is 2.60. The monoisotopic (exact) mass is 264 g/mol. The fraction of sp³-hybridized carbons (Fsp3) is 1.00. The summed E-state index contributed by atoms with van der Waals surface area (Å²) in [5.74, 6) is 1.91. The number of hydrogen-bond acceptors (Lipinski definition) is 5. The maximum absolute atomic E-state index is 10.1. The Kier molecular flexibility index (Phi) is 4.46. The molecule has 2 heterocycles. The predicted molar refractivity (Wildman–Crippen MR) is 68.8 cm³/mol. The minimum atomic E-state index is -0.529. The lowest BCUT2D eigenvalue weighted by atomic mass is 10.2. The largest absolute Gasteiger partial charge is 0.390 e. The highest BCUT2D eigenvalue weighted by molar-refractivity contribution is 8.17. The highest BCUT2D eigenvalue weighted by atomic mass is 32.2. The third kappa shape index (κ3) is 3.53. The van der Waals surface area contributed by atoms with Crippen molar-refractivity contribution < 1.29 is 14.6 Å². The van der Waals surface area contributed by atoms with E-state index >= 15 is 0 Å². The molecule has 0 unspecified atom stereocenters. The summed E-state index contributed by atoms with van der Waals surface area (Å²) in [6.07, 6.45) is 1.54. The molecule has 2 rings (SSSR count). The highest BCUT2D eigenvalue weighted by Gasteiger charge is 2.37. The van der Waals surface area contributed by atoms with E-state index < -0.39 is 11.9 Å². The van der Waals surface area contributed by atoms with Crippen LogP contribution in [0.15, 0.2) is 0 Å². The van der Waals surface area contributed by atoms with Gasteiger partial charge in [-0.25, -0.2) is 0 Å². The fourth-order valence-corrected chi connectivity index (χ4v) is 4.89. The Balaban J connectivity index is 1.77. The van der Waals surface area contributed by atoms with Gasteiger partial charge in [-0.15, -0.1) is 23.5 Å².